The van der Waals surface area contributed by atoms with E-state index in [1.807, 2.05) is 25.1 Å². The number of hydrogen-bond donors (Lipinski definition) is 3. The summed E-state index contributed by atoms with van der Waals surface area (Å²) in [6.07, 6.45) is 7.65. The lowest BCUT2D eigenvalue weighted by molar-refractivity contribution is -0.0393. The summed E-state index contributed by atoms with van der Waals surface area (Å²) in [5.41, 5.74) is 2.57. The topological polar surface area (TPSA) is 149 Å². The molecule has 0 atom stereocenters. The minimum absolute atomic E-state index is 0.0241. The summed E-state index contributed by atoms with van der Waals surface area (Å²) in [7, 11) is -3.20. The first-order chi connectivity index (χ1) is 19.1. The Morgan fingerprint density at radius 1 is 1.23 bits per heavy atom. The summed E-state index contributed by atoms with van der Waals surface area (Å²) in [4.78, 5) is 8.92. The predicted molar refractivity (Wildman–Crippen MR) is 152 cm³/mol. The Labute approximate surface area is 239 Å². The zero-order valence-electron chi connectivity index (χ0n) is 22.5. The van der Waals surface area contributed by atoms with Gasteiger partial charge in [0.05, 0.1) is 45.7 Å². The molecule has 0 unspecified atom stereocenters. The van der Waals surface area contributed by atoms with Crippen LogP contribution < -0.4 is 10.6 Å². The number of rotatable bonds is 9. The number of nitrogens with one attached hydrogen (secondary N) is 2. The number of sulfonamides is 1. The normalized spacial score (nSPS) is 22.0. The third-order valence-electron chi connectivity index (χ3n) is 7.54. The molecule has 5 rings (SSSR count). The molecule has 40 heavy (non-hydrogen) atoms. The van der Waals surface area contributed by atoms with Gasteiger partial charge in [0.2, 0.25) is 16.0 Å². The summed E-state index contributed by atoms with van der Waals surface area (Å²) in [6, 6.07) is 8.25. The number of benzene rings is 1. The maximum absolute atomic E-state index is 12.1. The second-order valence-electron chi connectivity index (χ2n) is 10.7. The van der Waals surface area contributed by atoms with Crippen molar-refractivity contribution in [2.24, 2.45) is 0 Å². The highest BCUT2D eigenvalue weighted by molar-refractivity contribution is 7.89. The number of nitriles is 1. The Bertz CT molecular complexity index is 1520. The summed E-state index contributed by atoms with van der Waals surface area (Å²) in [5.74, 6) is 0.472. The molecule has 1 aliphatic heterocycles. The first-order valence-electron chi connectivity index (χ1n) is 13.4. The lowest BCUT2D eigenvalue weighted by Crippen LogP contribution is -2.51. The largest absolute Gasteiger partial charge is 0.390 e. The van der Waals surface area contributed by atoms with Crippen molar-refractivity contribution >= 4 is 27.6 Å². The van der Waals surface area contributed by atoms with Crippen LogP contribution in [-0.4, -0.2) is 74.1 Å². The highest BCUT2D eigenvalue weighted by Crippen LogP contribution is 2.32. The van der Waals surface area contributed by atoms with Crippen molar-refractivity contribution in [1.82, 2.24) is 29.4 Å². The minimum Gasteiger partial charge on any atom is -0.390 e. The number of aliphatic hydroxyl groups is 1. The van der Waals surface area contributed by atoms with Gasteiger partial charge in [0.25, 0.3) is 0 Å². The van der Waals surface area contributed by atoms with Crippen LogP contribution in [0, 0.1) is 11.3 Å². The van der Waals surface area contributed by atoms with E-state index in [1.165, 1.54) is 10.5 Å². The van der Waals surface area contributed by atoms with Crippen molar-refractivity contribution < 1.29 is 13.5 Å². The van der Waals surface area contributed by atoms with Crippen molar-refractivity contribution in [1.29, 1.82) is 5.26 Å². The van der Waals surface area contributed by atoms with Crippen LogP contribution in [0.4, 0.5) is 5.95 Å². The third kappa shape index (κ3) is 6.29. The molecule has 0 radical (unpaired) electrons. The summed E-state index contributed by atoms with van der Waals surface area (Å²) in [5, 5.41) is 31.3. The predicted octanol–water partition coefficient (Wildman–Crippen LogP) is 3.08. The molecule has 0 bridgehead atoms. The van der Waals surface area contributed by atoms with Gasteiger partial charge in [0.15, 0.2) is 0 Å². The van der Waals surface area contributed by atoms with Gasteiger partial charge in [0, 0.05) is 43.5 Å². The van der Waals surface area contributed by atoms with Crippen LogP contribution >= 0.6 is 11.6 Å². The third-order valence-corrected chi connectivity index (χ3v) is 9.72. The molecule has 11 nitrogen and oxygen atoms in total. The molecule has 3 N–H and O–H groups in total. The molecule has 3 heterocycles. The van der Waals surface area contributed by atoms with Gasteiger partial charge in [-0.1, -0.05) is 17.7 Å². The monoisotopic (exact) mass is 584 g/mol. The molecular weight excluding hydrogens is 552 g/mol. The smallest absolute Gasteiger partial charge is 0.223 e. The highest BCUT2D eigenvalue weighted by atomic mass is 35.5. The van der Waals surface area contributed by atoms with Gasteiger partial charge in [-0.3, -0.25) is 0 Å². The van der Waals surface area contributed by atoms with Crippen LogP contribution in [0.5, 0.6) is 0 Å². The number of nitrogens with zero attached hydrogens (tertiary/aromatic N) is 6. The van der Waals surface area contributed by atoms with E-state index < -0.39 is 15.6 Å². The van der Waals surface area contributed by atoms with Gasteiger partial charge in [-0.15, -0.1) is 0 Å². The number of anilines is 1. The molecule has 0 spiro atoms. The average Bonchev–Trinajstić information content (AvgIpc) is 3.41. The van der Waals surface area contributed by atoms with Crippen LogP contribution in [0.1, 0.15) is 50.7 Å². The molecule has 1 saturated carbocycles. The maximum Gasteiger partial charge on any atom is 0.223 e. The second-order valence-corrected chi connectivity index (χ2v) is 13.4. The fraction of sp³-hybridized carbons (Fsp3) is 0.481. The molecule has 2 fully saturated rings. The molecule has 13 heteroatoms. The van der Waals surface area contributed by atoms with Crippen LogP contribution in [0.25, 0.3) is 16.9 Å². The lowest BCUT2D eigenvalue weighted by Gasteiger charge is -2.41. The Morgan fingerprint density at radius 3 is 2.62 bits per heavy atom. The Morgan fingerprint density at radius 2 is 1.98 bits per heavy atom. The lowest BCUT2D eigenvalue weighted by atomic mass is 9.77. The molecule has 212 valence electrons. The van der Waals surface area contributed by atoms with Gasteiger partial charge in [-0.2, -0.15) is 10.4 Å². The standard InChI is InChI=1S/C27H33ClN8O3S/c1-3-40(38,39)35-8-6-21(7-9-35)33-26-31-15-19(13-29)25(34-26)20-16-32-36(17-20)24-5-4-18(10-23(24)28)14-30-22-11-27(2,37)12-22/h4-5,10,15-17,21-22,30,37H,3,6-9,11-12,14H2,1-2H3,(H,31,33,34)/t22-,27-. The quantitative estimate of drug-likeness (QED) is 0.345. The highest BCUT2D eigenvalue weighted by Gasteiger charge is 2.37. The van der Waals surface area contributed by atoms with Crippen LogP contribution in [0.3, 0.4) is 0 Å². The number of piperidine rings is 1. The van der Waals surface area contributed by atoms with Gasteiger partial charge >= 0.3 is 0 Å². The van der Waals surface area contributed by atoms with Crippen molar-refractivity contribution in [2.75, 3.05) is 24.2 Å². The SMILES string of the molecule is CCS(=O)(=O)N1CCC(Nc2ncc(C#N)c(-c3cnn(-c4ccc(CN[C@H]5C[C@](C)(O)C5)cc4Cl)c3)n2)CC1. The Balaban J connectivity index is 1.27. The van der Waals surface area contributed by atoms with Crippen LogP contribution in [0.15, 0.2) is 36.8 Å². The van der Waals surface area contributed by atoms with Crippen molar-refractivity contribution in [2.45, 2.75) is 63.8 Å². The first kappa shape index (κ1) is 28.4. The minimum atomic E-state index is -3.20. The summed E-state index contributed by atoms with van der Waals surface area (Å²) in [6.45, 7) is 5.05. The van der Waals surface area contributed by atoms with Crippen LogP contribution in [0.2, 0.25) is 5.02 Å². The van der Waals surface area contributed by atoms with Gasteiger partial charge < -0.3 is 15.7 Å². The fourth-order valence-corrected chi connectivity index (χ4v) is 6.65. The van der Waals surface area contributed by atoms with E-state index in [1.54, 1.807) is 24.0 Å². The van der Waals surface area contributed by atoms with E-state index in [0.29, 0.717) is 72.0 Å². The second kappa shape index (κ2) is 11.4. The van der Waals surface area contributed by atoms with E-state index in [-0.39, 0.29) is 11.8 Å². The van der Waals surface area contributed by atoms with Gasteiger partial charge in [0.1, 0.15) is 6.07 Å². The zero-order valence-corrected chi connectivity index (χ0v) is 24.1. The number of hydrogen-bond acceptors (Lipinski definition) is 9. The van der Waals surface area contributed by atoms with Crippen LogP contribution in [-0.2, 0) is 16.6 Å². The Hall–Kier alpha value is -3.08. The number of aromatic nitrogens is 4. The van der Waals surface area contributed by atoms with Gasteiger partial charge in [-0.25, -0.2) is 27.4 Å². The van der Waals surface area contributed by atoms with E-state index in [9.17, 15) is 18.8 Å². The molecular formula is C27H33ClN8O3S. The molecule has 1 aromatic carbocycles. The summed E-state index contributed by atoms with van der Waals surface area (Å²) >= 11 is 6.61. The van der Waals surface area contributed by atoms with E-state index >= 15 is 0 Å². The maximum atomic E-state index is 12.1. The molecule has 2 aromatic heterocycles. The van der Waals surface area contributed by atoms with Crippen molar-refractivity contribution in [3.8, 4) is 23.0 Å². The Kier molecular flexibility index (Phi) is 8.13. The molecule has 1 aliphatic carbocycles. The molecule has 2 aliphatic rings. The number of halogens is 1. The fourth-order valence-electron chi connectivity index (χ4n) is 5.23. The van der Waals surface area contributed by atoms with Crippen molar-refractivity contribution in [3.05, 3.63) is 52.9 Å². The van der Waals surface area contributed by atoms with E-state index in [0.717, 1.165) is 18.4 Å². The zero-order chi connectivity index (χ0) is 28.5. The molecule has 3 aromatic rings. The molecule has 1 saturated heterocycles. The van der Waals surface area contributed by atoms with E-state index in [2.05, 4.69) is 31.8 Å². The first-order valence-corrected chi connectivity index (χ1v) is 15.4. The van der Waals surface area contributed by atoms with Gasteiger partial charge in [-0.05, 0) is 57.2 Å². The molecule has 0 amide bonds. The average molecular weight is 585 g/mol. The van der Waals surface area contributed by atoms with E-state index in [4.69, 9.17) is 11.6 Å². The summed E-state index contributed by atoms with van der Waals surface area (Å²) < 4.78 is 27.5. The van der Waals surface area contributed by atoms with Crippen molar-refractivity contribution in [3.63, 3.8) is 0 Å².